The van der Waals surface area contributed by atoms with E-state index in [9.17, 15) is 9.59 Å². The molecule has 0 aromatic heterocycles. The predicted octanol–water partition coefficient (Wildman–Crippen LogP) is 7.24. The van der Waals surface area contributed by atoms with Crippen LogP contribution in [0.5, 0.6) is 23.0 Å². The van der Waals surface area contributed by atoms with Gasteiger partial charge in [0.25, 0.3) is 0 Å². The summed E-state index contributed by atoms with van der Waals surface area (Å²) in [7, 11) is 6.27. The molecule has 1 aliphatic heterocycles. The van der Waals surface area contributed by atoms with E-state index in [1.165, 1.54) is 7.11 Å². The van der Waals surface area contributed by atoms with Crippen molar-refractivity contribution in [2.75, 3.05) is 54.7 Å². The highest BCUT2D eigenvalue weighted by atomic mass is 35.5. The molecular formula is C36H35Cl2NO7. The summed E-state index contributed by atoms with van der Waals surface area (Å²) in [5, 5.41) is 1.24. The quantitative estimate of drug-likeness (QED) is 0.138. The molecule has 0 bridgehead atoms. The fourth-order valence-corrected chi connectivity index (χ4v) is 4.96. The van der Waals surface area contributed by atoms with Gasteiger partial charge in [0.1, 0.15) is 0 Å². The summed E-state index contributed by atoms with van der Waals surface area (Å²) >= 11 is 11.8. The summed E-state index contributed by atoms with van der Waals surface area (Å²) in [5.74, 6) is 2.23. The van der Waals surface area contributed by atoms with E-state index < -0.39 is 0 Å². The van der Waals surface area contributed by atoms with E-state index in [1.54, 1.807) is 74.8 Å². The molecule has 10 heteroatoms. The number of ketones is 1. The molecule has 1 aliphatic rings. The highest BCUT2D eigenvalue weighted by molar-refractivity contribution is 6.31. The minimum Gasteiger partial charge on any atom is -0.493 e. The van der Waals surface area contributed by atoms with Gasteiger partial charge in [-0.15, -0.1) is 0 Å². The lowest BCUT2D eigenvalue weighted by Gasteiger charge is -2.26. The third-order valence-electron chi connectivity index (χ3n) is 7.19. The number of morpholine rings is 1. The van der Waals surface area contributed by atoms with Gasteiger partial charge in [-0.2, -0.15) is 0 Å². The number of rotatable bonds is 9. The van der Waals surface area contributed by atoms with Crippen molar-refractivity contribution in [3.05, 3.63) is 123 Å². The van der Waals surface area contributed by atoms with Crippen LogP contribution >= 0.6 is 23.2 Å². The predicted molar refractivity (Wildman–Crippen MR) is 180 cm³/mol. The second kappa shape index (κ2) is 16.7. The molecule has 1 saturated heterocycles. The lowest BCUT2D eigenvalue weighted by molar-refractivity contribution is -0.129. The Balaban J connectivity index is 0.000000222. The lowest BCUT2D eigenvalue weighted by Crippen LogP contribution is -2.39. The van der Waals surface area contributed by atoms with E-state index in [1.807, 2.05) is 42.5 Å². The molecule has 0 unspecified atom stereocenters. The lowest BCUT2D eigenvalue weighted by atomic mass is 9.96. The Hall–Kier alpha value is -4.50. The Morgan fingerprint density at radius 2 is 1.04 bits per heavy atom. The van der Waals surface area contributed by atoms with E-state index in [0.717, 1.165) is 16.7 Å². The summed E-state index contributed by atoms with van der Waals surface area (Å²) in [5.41, 5.74) is 3.67. The Labute approximate surface area is 279 Å². The zero-order valence-electron chi connectivity index (χ0n) is 26.0. The third-order valence-corrected chi connectivity index (χ3v) is 7.70. The van der Waals surface area contributed by atoms with Gasteiger partial charge in [-0.05, 0) is 83.4 Å². The Kier molecular flexibility index (Phi) is 12.5. The van der Waals surface area contributed by atoms with Crippen molar-refractivity contribution in [2.45, 2.75) is 0 Å². The summed E-state index contributed by atoms with van der Waals surface area (Å²) < 4.78 is 26.4. The highest BCUT2D eigenvalue weighted by Crippen LogP contribution is 2.33. The number of hydrogen-bond donors (Lipinski definition) is 0. The molecule has 46 heavy (non-hydrogen) atoms. The van der Waals surface area contributed by atoms with Crippen LogP contribution in [0.15, 0.2) is 91.0 Å². The first kappa shape index (κ1) is 34.4. The number of benzene rings is 4. The SMILES string of the molecule is COc1ccc(C(=CC(=O)N2CCOCC2)c2ccc(Cl)cc2)cc1OC.COc1ccc(C(=O)c2ccc(Cl)cc2)cc1OC. The number of carbonyl (C=O) groups is 2. The van der Waals surface area contributed by atoms with Crippen molar-refractivity contribution in [3.8, 4) is 23.0 Å². The minimum absolute atomic E-state index is 0.0435. The Morgan fingerprint density at radius 3 is 1.54 bits per heavy atom. The molecule has 240 valence electrons. The van der Waals surface area contributed by atoms with Crippen LogP contribution in [0, 0.1) is 0 Å². The number of halogens is 2. The smallest absolute Gasteiger partial charge is 0.247 e. The third kappa shape index (κ3) is 8.81. The van der Waals surface area contributed by atoms with Crippen LogP contribution in [-0.4, -0.2) is 71.3 Å². The van der Waals surface area contributed by atoms with Crippen molar-refractivity contribution >= 4 is 40.5 Å². The molecule has 0 N–H and O–H groups in total. The standard InChI is InChI=1S/C21H22ClNO4.C15H13ClO3/c1-25-19-8-5-16(13-20(19)26-2)18(15-3-6-17(22)7-4-15)14-21(24)23-9-11-27-12-10-23;1-18-13-8-5-11(9-14(13)19-2)15(17)10-3-6-12(16)7-4-10/h3-8,13-14H,9-12H2,1-2H3;3-9H,1-2H3. The van der Waals surface area contributed by atoms with Crippen molar-refractivity contribution in [3.63, 3.8) is 0 Å². The van der Waals surface area contributed by atoms with Gasteiger partial charge < -0.3 is 28.6 Å². The van der Waals surface area contributed by atoms with Crippen molar-refractivity contribution in [2.24, 2.45) is 0 Å². The molecule has 1 amide bonds. The normalized spacial score (nSPS) is 12.8. The molecule has 0 atom stereocenters. The minimum atomic E-state index is -0.0855. The average molecular weight is 665 g/mol. The molecular weight excluding hydrogens is 629 g/mol. The molecule has 0 aliphatic carbocycles. The van der Waals surface area contributed by atoms with Gasteiger partial charge in [-0.3, -0.25) is 9.59 Å². The summed E-state index contributed by atoms with van der Waals surface area (Å²) in [6.07, 6.45) is 1.66. The molecule has 4 aromatic rings. The van der Waals surface area contributed by atoms with Gasteiger partial charge in [-0.25, -0.2) is 0 Å². The van der Waals surface area contributed by atoms with Crippen LogP contribution < -0.4 is 18.9 Å². The number of methoxy groups -OCH3 is 4. The van der Waals surface area contributed by atoms with E-state index in [-0.39, 0.29) is 11.7 Å². The monoisotopic (exact) mass is 663 g/mol. The molecule has 0 spiro atoms. The van der Waals surface area contributed by atoms with Crippen LogP contribution in [0.25, 0.3) is 5.57 Å². The van der Waals surface area contributed by atoms with E-state index >= 15 is 0 Å². The van der Waals surface area contributed by atoms with Gasteiger partial charge in [-0.1, -0.05) is 41.4 Å². The average Bonchev–Trinajstić information content (AvgIpc) is 3.11. The number of hydrogen-bond acceptors (Lipinski definition) is 7. The molecule has 1 fully saturated rings. The zero-order chi connectivity index (χ0) is 33.1. The first-order chi connectivity index (χ1) is 22.3. The highest BCUT2D eigenvalue weighted by Gasteiger charge is 2.18. The number of ether oxygens (including phenoxy) is 5. The Morgan fingerprint density at radius 1 is 0.609 bits per heavy atom. The summed E-state index contributed by atoms with van der Waals surface area (Å²) in [6.45, 7) is 2.31. The second-order valence-electron chi connectivity index (χ2n) is 9.98. The number of carbonyl (C=O) groups excluding carboxylic acids is 2. The largest absolute Gasteiger partial charge is 0.493 e. The molecule has 0 saturated carbocycles. The summed E-state index contributed by atoms with van der Waals surface area (Å²) in [4.78, 5) is 26.9. The van der Waals surface area contributed by atoms with Crippen LogP contribution in [0.3, 0.4) is 0 Å². The summed E-state index contributed by atoms with van der Waals surface area (Å²) in [6, 6.07) is 24.9. The maximum atomic E-state index is 12.8. The van der Waals surface area contributed by atoms with Crippen LogP contribution in [0.1, 0.15) is 27.0 Å². The van der Waals surface area contributed by atoms with Crippen molar-refractivity contribution < 1.29 is 33.3 Å². The molecule has 4 aromatic carbocycles. The van der Waals surface area contributed by atoms with Gasteiger partial charge >= 0.3 is 0 Å². The van der Waals surface area contributed by atoms with Gasteiger partial charge in [0.15, 0.2) is 28.8 Å². The van der Waals surface area contributed by atoms with Crippen molar-refractivity contribution in [1.82, 2.24) is 4.90 Å². The van der Waals surface area contributed by atoms with Crippen LogP contribution in [-0.2, 0) is 9.53 Å². The van der Waals surface area contributed by atoms with Gasteiger partial charge in [0, 0.05) is 40.3 Å². The van der Waals surface area contributed by atoms with Crippen LogP contribution in [0.2, 0.25) is 10.0 Å². The number of nitrogens with zero attached hydrogens (tertiary/aromatic N) is 1. The van der Waals surface area contributed by atoms with Gasteiger partial charge in [0.2, 0.25) is 5.91 Å². The van der Waals surface area contributed by atoms with E-state index in [4.69, 9.17) is 46.9 Å². The fraction of sp³-hybridized carbons (Fsp3) is 0.222. The Bertz CT molecular complexity index is 1670. The topological polar surface area (TPSA) is 83.5 Å². The molecule has 0 radical (unpaired) electrons. The second-order valence-corrected chi connectivity index (χ2v) is 10.9. The molecule has 8 nitrogen and oxygen atoms in total. The number of amides is 1. The molecule has 1 heterocycles. The van der Waals surface area contributed by atoms with Crippen LogP contribution in [0.4, 0.5) is 0 Å². The fourth-order valence-electron chi connectivity index (χ4n) is 4.71. The zero-order valence-corrected chi connectivity index (χ0v) is 27.6. The molecule has 5 rings (SSSR count). The van der Waals surface area contributed by atoms with Gasteiger partial charge in [0.05, 0.1) is 41.7 Å². The van der Waals surface area contributed by atoms with E-state index in [0.29, 0.717) is 70.5 Å². The first-order valence-electron chi connectivity index (χ1n) is 14.4. The maximum Gasteiger partial charge on any atom is 0.247 e. The first-order valence-corrected chi connectivity index (χ1v) is 15.1. The van der Waals surface area contributed by atoms with E-state index in [2.05, 4.69) is 0 Å². The maximum absolute atomic E-state index is 12.8. The van der Waals surface area contributed by atoms with Crippen molar-refractivity contribution in [1.29, 1.82) is 0 Å².